The molecular formula is C19H20N2O3. The summed E-state index contributed by atoms with van der Waals surface area (Å²) < 4.78 is 5.25. The van der Waals surface area contributed by atoms with Crippen molar-refractivity contribution in [1.82, 2.24) is 0 Å². The van der Waals surface area contributed by atoms with Crippen molar-refractivity contribution in [3.05, 3.63) is 54.1 Å². The number of ether oxygens (including phenoxy) is 1. The molecule has 2 aromatic carbocycles. The highest BCUT2D eigenvalue weighted by Gasteiger charge is 2.31. The number of carbonyl (C=O) groups excluding carboxylic acids is 2. The normalized spacial score (nSPS) is 15.8. The van der Waals surface area contributed by atoms with E-state index in [0.29, 0.717) is 24.4 Å². The molecule has 2 amide bonds. The topological polar surface area (TPSA) is 58.6 Å². The minimum atomic E-state index is -0.0929. The Bertz CT molecular complexity index is 773. The Balaban J connectivity index is 1.75. The van der Waals surface area contributed by atoms with Crippen molar-refractivity contribution < 1.29 is 14.3 Å². The molecule has 1 heterocycles. The van der Waals surface area contributed by atoms with Crippen molar-refractivity contribution >= 4 is 23.2 Å². The Hall–Kier alpha value is -2.82. The monoisotopic (exact) mass is 324 g/mol. The summed E-state index contributed by atoms with van der Waals surface area (Å²) in [6, 6.07) is 15.1. The van der Waals surface area contributed by atoms with Crippen LogP contribution in [-0.4, -0.2) is 25.5 Å². The van der Waals surface area contributed by atoms with E-state index in [1.54, 1.807) is 31.1 Å². The highest BCUT2D eigenvalue weighted by Crippen LogP contribution is 2.38. The van der Waals surface area contributed by atoms with Crippen molar-refractivity contribution in [3.63, 3.8) is 0 Å². The zero-order valence-electron chi connectivity index (χ0n) is 13.8. The summed E-state index contributed by atoms with van der Waals surface area (Å²) in [6.07, 6.45) is 0.318. The Kier molecular flexibility index (Phi) is 4.51. The van der Waals surface area contributed by atoms with Crippen LogP contribution in [0.4, 0.5) is 11.4 Å². The van der Waals surface area contributed by atoms with Gasteiger partial charge in [0.1, 0.15) is 5.75 Å². The Morgan fingerprint density at radius 3 is 2.62 bits per heavy atom. The number of para-hydroxylation sites is 3. The van der Waals surface area contributed by atoms with Gasteiger partial charge in [-0.05, 0) is 23.8 Å². The third-order valence-electron chi connectivity index (χ3n) is 4.26. The molecule has 0 fully saturated rings. The summed E-state index contributed by atoms with van der Waals surface area (Å²) in [7, 11) is 1.57. The molecular weight excluding hydrogens is 304 g/mol. The first kappa shape index (κ1) is 16.1. The molecule has 0 spiro atoms. The molecule has 2 aromatic rings. The van der Waals surface area contributed by atoms with Crippen LogP contribution < -0.4 is 15.0 Å². The van der Waals surface area contributed by atoms with E-state index >= 15 is 0 Å². The fourth-order valence-electron chi connectivity index (χ4n) is 3.14. The fourth-order valence-corrected chi connectivity index (χ4v) is 3.14. The standard InChI is InChI=1S/C19H20N2O3/c1-13(22)21-12-14(15-7-3-5-9-17(15)21)11-19(23)20-16-8-4-6-10-18(16)24-2/h3-10,14H,11-12H2,1-2H3,(H,20,23). The van der Waals surface area contributed by atoms with Gasteiger partial charge in [-0.1, -0.05) is 30.3 Å². The van der Waals surface area contributed by atoms with Gasteiger partial charge in [0.25, 0.3) is 0 Å². The number of nitrogens with one attached hydrogen (secondary N) is 1. The number of fused-ring (bicyclic) bond motifs is 1. The van der Waals surface area contributed by atoms with Gasteiger partial charge in [0, 0.05) is 31.5 Å². The van der Waals surface area contributed by atoms with E-state index in [1.807, 2.05) is 36.4 Å². The number of nitrogens with zero attached hydrogens (tertiary/aromatic N) is 1. The predicted octanol–water partition coefficient (Wildman–Crippen LogP) is 3.17. The first-order chi connectivity index (χ1) is 11.6. The maximum atomic E-state index is 12.5. The highest BCUT2D eigenvalue weighted by atomic mass is 16.5. The van der Waals surface area contributed by atoms with E-state index in [0.717, 1.165) is 11.3 Å². The second kappa shape index (κ2) is 6.74. The van der Waals surface area contributed by atoms with Gasteiger partial charge in [0.15, 0.2) is 0 Å². The lowest BCUT2D eigenvalue weighted by atomic mass is 9.97. The van der Waals surface area contributed by atoms with E-state index in [4.69, 9.17) is 4.74 Å². The average molecular weight is 324 g/mol. The molecule has 24 heavy (non-hydrogen) atoms. The minimum Gasteiger partial charge on any atom is -0.495 e. The van der Waals surface area contributed by atoms with Crippen molar-refractivity contribution in [3.8, 4) is 5.75 Å². The van der Waals surface area contributed by atoms with Crippen LogP contribution in [0.2, 0.25) is 0 Å². The van der Waals surface area contributed by atoms with Crippen LogP contribution in [0.3, 0.4) is 0 Å². The second-order valence-electron chi connectivity index (χ2n) is 5.84. The van der Waals surface area contributed by atoms with Gasteiger partial charge in [-0.15, -0.1) is 0 Å². The van der Waals surface area contributed by atoms with E-state index in [9.17, 15) is 9.59 Å². The summed E-state index contributed by atoms with van der Waals surface area (Å²) >= 11 is 0. The molecule has 5 nitrogen and oxygen atoms in total. The third kappa shape index (κ3) is 3.11. The van der Waals surface area contributed by atoms with E-state index in [-0.39, 0.29) is 17.7 Å². The van der Waals surface area contributed by atoms with Crippen molar-refractivity contribution in [2.24, 2.45) is 0 Å². The Labute approximate surface area is 141 Å². The summed E-state index contributed by atoms with van der Waals surface area (Å²) in [4.78, 5) is 26.0. The molecule has 1 atom stereocenters. The lowest BCUT2D eigenvalue weighted by Gasteiger charge is -2.15. The van der Waals surface area contributed by atoms with Crippen LogP contribution in [0, 0.1) is 0 Å². The lowest BCUT2D eigenvalue weighted by molar-refractivity contribution is -0.118. The van der Waals surface area contributed by atoms with Crippen LogP contribution >= 0.6 is 0 Å². The number of amides is 2. The molecule has 0 aliphatic carbocycles. The van der Waals surface area contributed by atoms with Gasteiger partial charge < -0.3 is 15.0 Å². The molecule has 0 saturated carbocycles. The van der Waals surface area contributed by atoms with Gasteiger partial charge in [-0.3, -0.25) is 9.59 Å². The molecule has 0 bridgehead atoms. The summed E-state index contributed by atoms with van der Waals surface area (Å²) in [5.41, 5.74) is 2.60. The number of anilines is 2. The maximum absolute atomic E-state index is 12.5. The zero-order chi connectivity index (χ0) is 17.1. The molecule has 1 unspecified atom stereocenters. The molecule has 5 heteroatoms. The highest BCUT2D eigenvalue weighted by molar-refractivity contribution is 5.96. The van der Waals surface area contributed by atoms with Crippen LogP contribution in [0.15, 0.2) is 48.5 Å². The Morgan fingerprint density at radius 2 is 1.88 bits per heavy atom. The summed E-state index contributed by atoms with van der Waals surface area (Å²) in [5.74, 6) is 0.530. The van der Waals surface area contributed by atoms with E-state index < -0.39 is 0 Å². The molecule has 1 aliphatic heterocycles. The van der Waals surface area contributed by atoms with Gasteiger partial charge in [0.05, 0.1) is 12.8 Å². The quantitative estimate of drug-likeness (QED) is 0.940. The molecule has 0 aromatic heterocycles. The van der Waals surface area contributed by atoms with Gasteiger partial charge in [-0.2, -0.15) is 0 Å². The van der Waals surface area contributed by atoms with Gasteiger partial charge in [0.2, 0.25) is 11.8 Å². The average Bonchev–Trinajstić information content (AvgIpc) is 2.94. The summed E-state index contributed by atoms with van der Waals surface area (Å²) in [6.45, 7) is 2.09. The number of benzene rings is 2. The van der Waals surface area contributed by atoms with Gasteiger partial charge >= 0.3 is 0 Å². The SMILES string of the molecule is COc1ccccc1NC(=O)CC1CN(C(C)=O)c2ccccc21. The second-order valence-corrected chi connectivity index (χ2v) is 5.84. The lowest BCUT2D eigenvalue weighted by Crippen LogP contribution is -2.28. The molecule has 0 saturated heterocycles. The number of rotatable bonds is 4. The molecule has 1 aliphatic rings. The summed E-state index contributed by atoms with van der Waals surface area (Å²) in [5, 5.41) is 2.90. The number of carbonyl (C=O) groups is 2. The third-order valence-corrected chi connectivity index (χ3v) is 4.26. The van der Waals surface area contributed by atoms with E-state index in [1.165, 1.54) is 0 Å². The molecule has 1 N–H and O–H groups in total. The van der Waals surface area contributed by atoms with Crippen molar-refractivity contribution in [1.29, 1.82) is 0 Å². The van der Waals surface area contributed by atoms with Crippen LogP contribution in [0.5, 0.6) is 5.75 Å². The Morgan fingerprint density at radius 1 is 1.17 bits per heavy atom. The van der Waals surface area contributed by atoms with Crippen LogP contribution in [0.25, 0.3) is 0 Å². The number of hydrogen-bond acceptors (Lipinski definition) is 3. The van der Waals surface area contributed by atoms with Crippen LogP contribution in [-0.2, 0) is 9.59 Å². The fraction of sp³-hybridized carbons (Fsp3) is 0.263. The molecule has 3 rings (SSSR count). The maximum Gasteiger partial charge on any atom is 0.225 e. The van der Waals surface area contributed by atoms with Gasteiger partial charge in [-0.25, -0.2) is 0 Å². The largest absolute Gasteiger partial charge is 0.495 e. The molecule has 0 radical (unpaired) electrons. The molecule has 124 valence electrons. The minimum absolute atomic E-state index is 0.000179. The van der Waals surface area contributed by atoms with Crippen molar-refractivity contribution in [2.45, 2.75) is 19.3 Å². The predicted molar refractivity (Wildman–Crippen MR) is 93.5 cm³/mol. The first-order valence-corrected chi connectivity index (χ1v) is 7.90. The number of methoxy groups -OCH3 is 1. The van der Waals surface area contributed by atoms with E-state index in [2.05, 4.69) is 5.32 Å². The zero-order valence-corrected chi connectivity index (χ0v) is 13.8. The smallest absolute Gasteiger partial charge is 0.225 e. The van der Waals surface area contributed by atoms with Crippen molar-refractivity contribution in [2.75, 3.05) is 23.9 Å². The number of hydrogen-bond donors (Lipinski definition) is 1. The first-order valence-electron chi connectivity index (χ1n) is 7.90. The van der Waals surface area contributed by atoms with Crippen LogP contribution in [0.1, 0.15) is 24.8 Å².